The van der Waals surface area contributed by atoms with E-state index in [-0.39, 0.29) is 12.1 Å². The van der Waals surface area contributed by atoms with Crippen LogP contribution in [0.3, 0.4) is 0 Å². The Morgan fingerprint density at radius 1 is 1.17 bits per heavy atom. The van der Waals surface area contributed by atoms with Crippen molar-refractivity contribution in [1.82, 2.24) is 0 Å². The third-order valence-corrected chi connectivity index (χ3v) is 3.56. The maximum Gasteiger partial charge on any atom is 0.330 e. The lowest BCUT2D eigenvalue weighted by atomic mass is 10.0. The number of rotatable bonds is 8. The summed E-state index contributed by atoms with van der Waals surface area (Å²) in [6, 6.07) is 0. The molecule has 0 radical (unpaired) electrons. The molecule has 1 unspecified atom stereocenters. The molecule has 0 saturated carbocycles. The minimum Gasteiger partial charge on any atom is -0.459 e. The Bertz CT molecular complexity index is 245. The van der Waals surface area contributed by atoms with Gasteiger partial charge in [-0.1, -0.05) is 51.5 Å². The van der Waals surface area contributed by atoms with Crippen LogP contribution in [0.15, 0.2) is 12.2 Å². The molecule has 18 heavy (non-hydrogen) atoms. The van der Waals surface area contributed by atoms with Crippen LogP contribution in [0.2, 0.25) is 0 Å². The number of carbonyl (C=O) groups is 1. The normalized spacial score (nSPS) is 22.1. The molecule has 2 nitrogen and oxygen atoms in total. The second kappa shape index (κ2) is 10.2. The fourth-order valence-corrected chi connectivity index (χ4v) is 2.44. The average Bonchev–Trinajstić information content (AvgIpc) is 2.34. The number of hydrogen-bond acceptors (Lipinski definition) is 2. The van der Waals surface area contributed by atoms with Crippen LogP contribution in [-0.2, 0) is 9.53 Å². The van der Waals surface area contributed by atoms with E-state index in [2.05, 4.69) is 6.92 Å². The lowest BCUT2D eigenvalue weighted by molar-refractivity contribution is -0.144. The Balaban J connectivity index is 2.03. The number of allylic oxidation sites excluding steroid dienone is 1. The van der Waals surface area contributed by atoms with Gasteiger partial charge in [-0.3, -0.25) is 0 Å². The van der Waals surface area contributed by atoms with Gasteiger partial charge in [0.2, 0.25) is 0 Å². The van der Waals surface area contributed by atoms with Crippen LogP contribution in [0, 0.1) is 0 Å². The van der Waals surface area contributed by atoms with Crippen LogP contribution >= 0.6 is 0 Å². The van der Waals surface area contributed by atoms with Crippen molar-refractivity contribution < 1.29 is 9.53 Å². The fourth-order valence-electron chi connectivity index (χ4n) is 2.44. The molecule has 1 heterocycles. The monoisotopic (exact) mass is 252 g/mol. The molecule has 0 amide bonds. The molecule has 0 aromatic heterocycles. The summed E-state index contributed by atoms with van der Waals surface area (Å²) in [5.74, 6) is -0.150. The number of hydrogen-bond donors (Lipinski definition) is 0. The van der Waals surface area contributed by atoms with Gasteiger partial charge in [-0.25, -0.2) is 4.79 Å². The van der Waals surface area contributed by atoms with Crippen LogP contribution in [0.4, 0.5) is 0 Å². The highest BCUT2D eigenvalue weighted by molar-refractivity contribution is 5.82. The third-order valence-electron chi connectivity index (χ3n) is 3.56. The van der Waals surface area contributed by atoms with Crippen LogP contribution in [-0.4, -0.2) is 12.1 Å². The van der Waals surface area contributed by atoms with Crippen LogP contribution in [0.5, 0.6) is 0 Å². The topological polar surface area (TPSA) is 26.3 Å². The molecular formula is C16H28O2. The minimum atomic E-state index is -0.150. The third kappa shape index (κ3) is 7.52. The van der Waals surface area contributed by atoms with Gasteiger partial charge < -0.3 is 4.74 Å². The lowest BCUT2D eigenvalue weighted by Gasteiger charge is -2.18. The number of ether oxygens (including phenoxy) is 1. The predicted octanol–water partition coefficient (Wildman–Crippen LogP) is 4.78. The molecule has 0 aliphatic carbocycles. The second-order valence-corrected chi connectivity index (χ2v) is 5.30. The largest absolute Gasteiger partial charge is 0.459 e. The second-order valence-electron chi connectivity index (χ2n) is 5.30. The number of carbonyl (C=O) groups excluding carboxylic acids is 1. The summed E-state index contributed by atoms with van der Waals surface area (Å²) in [6.45, 7) is 2.25. The van der Waals surface area contributed by atoms with Gasteiger partial charge in [0, 0.05) is 6.08 Å². The standard InChI is InChI=1S/C16H28O2/c1-2-3-4-5-6-7-9-12-15-13-10-8-11-14-16(17)18-15/h11,14-15H,2-10,12-13H2,1H3/b14-11-. The molecule has 0 spiro atoms. The first-order chi connectivity index (χ1) is 8.83. The summed E-state index contributed by atoms with van der Waals surface area (Å²) in [4.78, 5) is 11.3. The van der Waals surface area contributed by atoms with Crippen molar-refractivity contribution in [1.29, 1.82) is 0 Å². The SMILES string of the molecule is CCCCCCCCCC1CCC/C=C\C(=O)O1. The molecule has 0 fully saturated rings. The van der Waals surface area contributed by atoms with Crippen molar-refractivity contribution in [2.24, 2.45) is 0 Å². The summed E-state index contributed by atoms with van der Waals surface area (Å²) in [5, 5.41) is 0. The molecule has 0 bridgehead atoms. The number of esters is 1. The summed E-state index contributed by atoms with van der Waals surface area (Å²) in [5.41, 5.74) is 0. The number of unbranched alkanes of at least 4 members (excludes halogenated alkanes) is 6. The van der Waals surface area contributed by atoms with Gasteiger partial charge in [0.25, 0.3) is 0 Å². The smallest absolute Gasteiger partial charge is 0.330 e. The van der Waals surface area contributed by atoms with E-state index < -0.39 is 0 Å². The molecule has 104 valence electrons. The molecule has 2 heteroatoms. The van der Waals surface area contributed by atoms with Gasteiger partial charge in [0.15, 0.2) is 0 Å². The van der Waals surface area contributed by atoms with Crippen molar-refractivity contribution in [3.8, 4) is 0 Å². The van der Waals surface area contributed by atoms with Crippen LogP contribution < -0.4 is 0 Å². The van der Waals surface area contributed by atoms with Gasteiger partial charge in [0.05, 0.1) is 0 Å². The van der Waals surface area contributed by atoms with Crippen molar-refractivity contribution in [3.63, 3.8) is 0 Å². The molecule has 0 saturated heterocycles. The molecule has 1 rings (SSSR count). The fraction of sp³-hybridized carbons (Fsp3) is 0.812. The summed E-state index contributed by atoms with van der Waals surface area (Å²) in [6.07, 6.45) is 17.1. The maximum absolute atomic E-state index is 11.3. The number of cyclic esters (lactones) is 1. The quantitative estimate of drug-likeness (QED) is 0.459. The molecular weight excluding hydrogens is 224 g/mol. The Morgan fingerprint density at radius 3 is 2.67 bits per heavy atom. The van der Waals surface area contributed by atoms with E-state index in [4.69, 9.17) is 4.74 Å². The van der Waals surface area contributed by atoms with Gasteiger partial charge in [-0.05, 0) is 32.1 Å². The van der Waals surface area contributed by atoms with Crippen molar-refractivity contribution in [2.75, 3.05) is 0 Å². The molecule has 0 N–H and O–H groups in total. The summed E-state index contributed by atoms with van der Waals surface area (Å²) in [7, 11) is 0. The Hall–Kier alpha value is -0.790. The Morgan fingerprint density at radius 2 is 1.89 bits per heavy atom. The highest BCUT2D eigenvalue weighted by Crippen LogP contribution is 2.17. The first kappa shape index (κ1) is 15.3. The van der Waals surface area contributed by atoms with E-state index in [9.17, 15) is 4.79 Å². The Kier molecular flexibility index (Phi) is 8.62. The highest BCUT2D eigenvalue weighted by Gasteiger charge is 2.13. The average molecular weight is 252 g/mol. The van der Waals surface area contributed by atoms with Crippen molar-refractivity contribution >= 4 is 5.97 Å². The maximum atomic E-state index is 11.3. The molecule has 0 aromatic rings. The zero-order valence-corrected chi connectivity index (χ0v) is 11.8. The van der Waals surface area contributed by atoms with E-state index in [0.29, 0.717) is 0 Å². The minimum absolute atomic E-state index is 0.150. The van der Waals surface area contributed by atoms with Crippen LogP contribution in [0.25, 0.3) is 0 Å². The molecule has 1 atom stereocenters. The Labute approximate surface area is 112 Å². The van der Waals surface area contributed by atoms with Crippen molar-refractivity contribution in [3.05, 3.63) is 12.2 Å². The van der Waals surface area contributed by atoms with Gasteiger partial charge in [0.1, 0.15) is 6.10 Å². The predicted molar refractivity (Wildman–Crippen MR) is 75.5 cm³/mol. The van der Waals surface area contributed by atoms with E-state index in [0.717, 1.165) is 25.7 Å². The van der Waals surface area contributed by atoms with E-state index in [1.807, 2.05) is 6.08 Å². The van der Waals surface area contributed by atoms with E-state index in [1.54, 1.807) is 6.08 Å². The first-order valence-corrected chi connectivity index (χ1v) is 7.70. The zero-order valence-electron chi connectivity index (χ0n) is 11.8. The first-order valence-electron chi connectivity index (χ1n) is 7.70. The van der Waals surface area contributed by atoms with Gasteiger partial charge >= 0.3 is 5.97 Å². The van der Waals surface area contributed by atoms with Crippen LogP contribution in [0.1, 0.15) is 77.6 Å². The highest BCUT2D eigenvalue weighted by atomic mass is 16.5. The van der Waals surface area contributed by atoms with Gasteiger partial charge in [-0.2, -0.15) is 0 Å². The summed E-state index contributed by atoms with van der Waals surface area (Å²) >= 11 is 0. The zero-order chi connectivity index (χ0) is 13.1. The van der Waals surface area contributed by atoms with Crippen molar-refractivity contribution in [2.45, 2.75) is 83.7 Å². The lowest BCUT2D eigenvalue weighted by Crippen LogP contribution is -2.18. The van der Waals surface area contributed by atoms with E-state index in [1.165, 1.54) is 44.9 Å². The summed E-state index contributed by atoms with van der Waals surface area (Å²) < 4.78 is 5.41. The molecule has 0 aromatic carbocycles. The van der Waals surface area contributed by atoms with Gasteiger partial charge in [-0.15, -0.1) is 0 Å². The molecule has 1 aliphatic rings. The molecule has 1 aliphatic heterocycles. The van der Waals surface area contributed by atoms with E-state index >= 15 is 0 Å².